The highest BCUT2D eigenvalue weighted by Gasteiger charge is 2.15. The quantitative estimate of drug-likeness (QED) is 0.592. The summed E-state index contributed by atoms with van der Waals surface area (Å²) in [6.07, 6.45) is 1.46. The van der Waals surface area contributed by atoms with Crippen LogP contribution in [0.1, 0.15) is 30.7 Å². The summed E-state index contributed by atoms with van der Waals surface area (Å²) in [5.41, 5.74) is 0.398. The highest BCUT2D eigenvalue weighted by atomic mass is 79.9. The molecular formula is C17H11BrClNO3S. The topological polar surface area (TPSA) is 59.3 Å². The zero-order chi connectivity index (χ0) is 17.1. The van der Waals surface area contributed by atoms with Gasteiger partial charge in [0.25, 0.3) is 5.91 Å². The van der Waals surface area contributed by atoms with Crippen molar-refractivity contribution in [2.45, 2.75) is 6.54 Å². The van der Waals surface area contributed by atoms with Crippen molar-refractivity contribution in [3.05, 3.63) is 79.3 Å². The molecule has 0 saturated heterocycles. The van der Waals surface area contributed by atoms with E-state index in [9.17, 15) is 9.59 Å². The van der Waals surface area contributed by atoms with E-state index in [4.69, 9.17) is 16.0 Å². The van der Waals surface area contributed by atoms with Gasteiger partial charge in [0.05, 0.1) is 28.3 Å². The van der Waals surface area contributed by atoms with Gasteiger partial charge in [0.15, 0.2) is 5.76 Å². The molecule has 2 aromatic heterocycles. The maximum atomic E-state index is 12.2. The number of rotatable bonds is 5. The van der Waals surface area contributed by atoms with E-state index in [1.54, 1.807) is 36.4 Å². The molecule has 0 aliphatic heterocycles. The van der Waals surface area contributed by atoms with E-state index in [-0.39, 0.29) is 11.7 Å². The van der Waals surface area contributed by atoms with Crippen molar-refractivity contribution in [3.8, 4) is 0 Å². The van der Waals surface area contributed by atoms with E-state index < -0.39 is 0 Å². The Bertz CT molecular complexity index is 889. The van der Waals surface area contributed by atoms with Crippen LogP contribution in [0.2, 0.25) is 5.02 Å². The van der Waals surface area contributed by atoms with Gasteiger partial charge in [-0.15, -0.1) is 11.3 Å². The Balaban J connectivity index is 1.66. The number of benzene rings is 1. The molecule has 0 aliphatic carbocycles. The van der Waals surface area contributed by atoms with Crippen molar-refractivity contribution in [1.82, 2.24) is 5.32 Å². The van der Waals surface area contributed by atoms with E-state index in [0.717, 1.165) is 9.35 Å². The predicted molar refractivity (Wildman–Crippen MR) is 96.8 cm³/mol. The van der Waals surface area contributed by atoms with Gasteiger partial charge in [-0.05, 0) is 42.5 Å². The molecule has 7 heteroatoms. The molecule has 24 heavy (non-hydrogen) atoms. The summed E-state index contributed by atoms with van der Waals surface area (Å²) >= 11 is 10.7. The minimum atomic E-state index is -0.270. The Kier molecular flexibility index (Phi) is 5.18. The van der Waals surface area contributed by atoms with Gasteiger partial charge in [0, 0.05) is 9.35 Å². The number of halogens is 2. The molecule has 0 fully saturated rings. The maximum Gasteiger partial charge on any atom is 0.253 e. The lowest BCUT2D eigenvalue weighted by atomic mass is 10.2. The van der Waals surface area contributed by atoms with Crippen LogP contribution in [-0.2, 0) is 6.54 Å². The molecule has 1 aromatic carbocycles. The van der Waals surface area contributed by atoms with Crippen LogP contribution in [0.4, 0.5) is 0 Å². The monoisotopic (exact) mass is 423 g/mol. The standard InChI is InChI=1S/C17H11BrClNO3S/c18-10-3-5-13(19)12(8-10)17(22)20-9-11-4-6-15(24-11)16(21)14-2-1-7-23-14/h1-8H,9H2,(H,20,22). The number of carbonyl (C=O) groups is 2. The molecule has 0 spiro atoms. The zero-order valence-corrected chi connectivity index (χ0v) is 15.4. The van der Waals surface area contributed by atoms with Gasteiger partial charge in [-0.2, -0.15) is 0 Å². The summed E-state index contributed by atoms with van der Waals surface area (Å²) in [6, 6.07) is 11.9. The second-order valence-electron chi connectivity index (χ2n) is 4.88. The molecule has 0 aliphatic rings. The number of carbonyl (C=O) groups excluding carboxylic acids is 2. The molecule has 122 valence electrons. The second kappa shape index (κ2) is 7.34. The fourth-order valence-corrected chi connectivity index (χ4v) is 3.51. The fraction of sp³-hybridized carbons (Fsp3) is 0.0588. The van der Waals surface area contributed by atoms with Crippen LogP contribution < -0.4 is 5.32 Å². The van der Waals surface area contributed by atoms with Crippen LogP contribution >= 0.6 is 38.9 Å². The molecule has 0 radical (unpaired) electrons. The fourth-order valence-electron chi connectivity index (χ4n) is 2.06. The molecule has 0 saturated carbocycles. The summed E-state index contributed by atoms with van der Waals surface area (Å²) in [7, 11) is 0. The number of hydrogen-bond acceptors (Lipinski definition) is 4. The lowest BCUT2D eigenvalue weighted by Gasteiger charge is -2.06. The Morgan fingerprint density at radius 1 is 1.21 bits per heavy atom. The van der Waals surface area contributed by atoms with Gasteiger partial charge in [0.2, 0.25) is 5.78 Å². The highest BCUT2D eigenvalue weighted by Crippen LogP contribution is 2.22. The predicted octanol–water partition coefficient (Wildman–Crippen LogP) is 4.92. The zero-order valence-electron chi connectivity index (χ0n) is 12.2. The lowest BCUT2D eigenvalue weighted by Crippen LogP contribution is -2.22. The van der Waals surface area contributed by atoms with Crippen LogP contribution in [0.25, 0.3) is 0 Å². The van der Waals surface area contributed by atoms with Crippen LogP contribution in [0.15, 0.2) is 57.6 Å². The largest absolute Gasteiger partial charge is 0.461 e. The van der Waals surface area contributed by atoms with Gasteiger partial charge < -0.3 is 9.73 Å². The molecular weight excluding hydrogens is 414 g/mol. The second-order valence-corrected chi connectivity index (χ2v) is 7.37. The number of hydrogen-bond donors (Lipinski definition) is 1. The SMILES string of the molecule is O=C(c1ccco1)c1ccc(CNC(=O)c2cc(Br)ccc2Cl)s1. The molecule has 0 bridgehead atoms. The van der Waals surface area contributed by atoms with E-state index in [1.807, 2.05) is 6.07 Å². The Morgan fingerprint density at radius 3 is 2.79 bits per heavy atom. The molecule has 1 amide bonds. The lowest BCUT2D eigenvalue weighted by molar-refractivity contribution is 0.0950. The van der Waals surface area contributed by atoms with Crippen LogP contribution in [0, 0.1) is 0 Å². The van der Waals surface area contributed by atoms with Gasteiger partial charge >= 0.3 is 0 Å². The van der Waals surface area contributed by atoms with Gasteiger partial charge in [-0.3, -0.25) is 9.59 Å². The molecule has 0 atom stereocenters. The minimum Gasteiger partial charge on any atom is -0.461 e. The number of ketones is 1. The Hall–Kier alpha value is -1.89. The highest BCUT2D eigenvalue weighted by molar-refractivity contribution is 9.10. The first kappa shape index (κ1) is 17.0. The normalized spacial score (nSPS) is 10.6. The minimum absolute atomic E-state index is 0.169. The van der Waals surface area contributed by atoms with Crippen molar-refractivity contribution in [3.63, 3.8) is 0 Å². The van der Waals surface area contributed by atoms with Gasteiger partial charge in [0.1, 0.15) is 0 Å². The van der Waals surface area contributed by atoms with Crippen LogP contribution in [-0.4, -0.2) is 11.7 Å². The van der Waals surface area contributed by atoms with Crippen LogP contribution in [0.3, 0.4) is 0 Å². The third-order valence-electron chi connectivity index (χ3n) is 3.23. The number of amides is 1. The van der Waals surface area contributed by atoms with E-state index in [2.05, 4.69) is 21.2 Å². The average molecular weight is 425 g/mol. The number of nitrogens with one attached hydrogen (secondary N) is 1. The van der Waals surface area contributed by atoms with Crippen molar-refractivity contribution < 1.29 is 14.0 Å². The molecule has 0 unspecified atom stereocenters. The van der Waals surface area contributed by atoms with Crippen molar-refractivity contribution in [2.24, 2.45) is 0 Å². The number of furan rings is 1. The van der Waals surface area contributed by atoms with Crippen LogP contribution in [0.5, 0.6) is 0 Å². The smallest absolute Gasteiger partial charge is 0.253 e. The summed E-state index contributed by atoms with van der Waals surface area (Å²) in [5.74, 6) is -0.139. The van der Waals surface area contributed by atoms with E-state index >= 15 is 0 Å². The van der Waals surface area contributed by atoms with Crippen molar-refractivity contribution in [1.29, 1.82) is 0 Å². The average Bonchev–Trinajstić information content (AvgIpc) is 3.26. The first-order chi connectivity index (χ1) is 11.5. The summed E-state index contributed by atoms with van der Waals surface area (Å²) in [5, 5.41) is 3.19. The Labute approximate surface area is 155 Å². The molecule has 3 rings (SSSR count). The van der Waals surface area contributed by atoms with Crippen molar-refractivity contribution in [2.75, 3.05) is 0 Å². The molecule has 2 heterocycles. The maximum absolute atomic E-state index is 12.2. The van der Waals surface area contributed by atoms with E-state index in [0.29, 0.717) is 27.8 Å². The Morgan fingerprint density at radius 2 is 2.04 bits per heavy atom. The van der Waals surface area contributed by atoms with Gasteiger partial charge in [-0.25, -0.2) is 0 Å². The molecule has 1 N–H and O–H groups in total. The summed E-state index contributed by atoms with van der Waals surface area (Å²) in [6.45, 7) is 0.317. The third-order valence-corrected chi connectivity index (χ3v) is 5.13. The summed E-state index contributed by atoms with van der Waals surface area (Å²) in [4.78, 5) is 25.8. The van der Waals surface area contributed by atoms with E-state index in [1.165, 1.54) is 17.6 Å². The van der Waals surface area contributed by atoms with Gasteiger partial charge in [-0.1, -0.05) is 27.5 Å². The number of thiophene rings is 1. The third kappa shape index (κ3) is 3.77. The first-order valence-electron chi connectivity index (χ1n) is 6.95. The van der Waals surface area contributed by atoms with Crippen molar-refractivity contribution >= 4 is 50.6 Å². The first-order valence-corrected chi connectivity index (χ1v) is 8.93. The molecule has 3 aromatic rings. The summed E-state index contributed by atoms with van der Waals surface area (Å²) < 4.78 is 5.88. The molecule has 4 nitrogen and oxygen atoms in total.